The Kier molecular flexibility index (Phi) is 2.11. The molecule has 80 valence electrons. The number of rotatable bonds is 2. The van der Waals surface area contributed by atoms with Gasteiger partial charge in [0.15, 0.2) is 0 Å². The fourth-order valence-corrected chi connectivity index (χ4v) is 2.04. The Morgan fingerprint density at radius 2 is 1.81 bits per heavy atom. The quantitative estimate of drug-likeness (QED) is 0.707. The molecule has 0 aliphatic carbocycles. The number of aliphatic hydroxyl groups is 1. The SMILES string of the molecule is OCCn1ncc2cc3ccccc3cc21. The van der Waals surface area contributed by atoms with E-state index in [4.69, 9.17) is 5.11 Å². The summed E-state index contributed by atoms with van der Waals surface area (Å²) >= 11 is 0. The van der Waals surface area contributed by atoms with E-state index in [1.807, 2.05) is 23.0 Å². The fraction of sp³-hybridized carbons (Fsp3) is 0.154. The predicted molar refractivity (Wildman–Crippen MR) is 64.3 cm³/mol. The molecule has 3 aromatic rings. The minimum absolute atomic E-state index is 0.115. The molecule has 2 aromatic carbocycles. The van der Waals surface area contributed by atoms with Gasteiger partial charge < -0.3 is 5.11 Å². The maximum Gasteiger partial charge on any atom is 0.0689 e. The number of hydrogen-bond acceptors (Lipinski definition) is 2. The normalized spacial score (nSPS) is 11.3. The van der Waals surface area contributed by atoms with E-state index in [1.165, 1.54) is 10.8 Å². The van der Waals surface area contributed by atoms with Crippen molar-refractivity contribution in [3.05, 3.63) is 42.6 Å². The lowest BCUT2D eigenvalue weighted by atomic mass is 10.1. The molecule has 0 unspecified atom stereocenters. The van der Waals surface area contributed by atoms with Crippen molar-refractivity contribution in [1.29, 1.82) is 0 Å². The van der Waals surface area contributed by atoms with Crippen LogP contribution >= 0.6 is 0 Å². The highest BCUT2D eigenvalue weighted by atomic mass is 16.3. The Morgan fingerprint density at radius 3 is 2.56 bits per heavy atom. The Labute approximate surface area is 92.9 Å². The van der Waals surface area contributed by atoms with Gasteiger partial charge in [-0.2, -0.15) is 5.10 Å². The van der Waals surface area contributed by atoms with Crippen LogP contribution in [0.3, 0.4) is 0 Å². The largest absolute Gasteiger partial charge is 0.394 e. The minimum Gasteiger partial charge on any atom is -0.394 e. The van der Waals surface area contributed by atoms with Crippen LogP contribution in [0.2, 0.25) is 0 Å². The van der Waals surface area contributed by atoms with Crippen molar-refractivity contribution in [2.75, 3.05) is 6.61 Å². The summed E-state index contributed by atoms with van der Waals surface area (Å²) in [5, 5.41) is 16.8. The third kappa shape index (κ3) is 1.37. The Bertz CT molecular complexity index is 643. The molecular formula is C13H12N2O. The number of fused-ring (bicyclic) bond motifs is 2. The van der Waals surface area contributed by atoms with Gasteiger partial charge in [-0.3, -0.25) is 4.68 Å². The van der Waals surface area contributed by atoms with E-state index in [1.54, 1.807) is 0 Å². The van der Waals surface area contributed by atoms with Gasteiger partial charge in [0, 0.05) is 5.39 Å². The maximum atomic E-state index is 8.95. The highest BCUT2D eigenvalue weighted by Crippen LogP contribution is 2.22. The summed E-state index contributed by atoms with van der Waals surface area (Å²) in [5.41, 5.74) is 1.08. The maximum absolute atomic E-state index is 8.95. The molecule has 1 heterocycles. The molecule has 3 nitrogen and oxygen atoms in total. The molecule has 0 aliphatic heterocycles. The fourth-order valence-electron chi connectivity index (χ4n) is 2.04. The lowest BCUT2D eigenvalue weighted by Gasteiger charge is -2.02. The van der Waals surface area contributed by atoms with Crippen molar-refractivity contribution in [3.63, 3.8) is 0 Å². The zero-order chi connectivity index (χ0) is 11.0. The van der Waals surface area contributed by atoms with E-state index in [9.17, 15) is 0 Å². The number of aromatic nitrogens is 2. The van der Waals surface area contributed by atoms with Crippen molar-refractivity contribution >= 4 is 21.7 Å². The van der Waals surface area contributed by atoms with Crippen LogP contribution in [0.15, 0.2) is 42.6 Å². The van der Waals surface area contributed by atoms with Crippen molar-refractivity contribution < 1.29 is 5.11 Å². The summed E-state index contributed by atoms with van der Waals surface area (Å²) in [4.78, 5) is 0. The zero-order valence-electron chi connectivity index (χ0n) is 8.80. The first-order valence-electron chi connectivity index (χ1n) is 5.33. The standard InChI is InChI=1S/C13H12N2O/c16-6-5-15-13-8-11-4-2-1-3-10(11)7-12(13)9-14-15/h1-4,7-9,16H,5-6H2. The number of hydrogen-bond donors (Lipinski definition) is 1. The molecule has 16 heavy (non-hydrogen) atoms. The summed E-state index contributed by atoms with van der Waals surface area (Å²) in [5.74, 6) is 0. The Morgan fingerprint density at radius 1 is 1.06 bits per heavy atom. The van der Waals surface area contributed by atoms with E-state index in [0.29, 0.717) is 6.54 Å². The highest BCUT2D eigenvalue weighted by Gasteiger charge is 2.03. The second-order valence-electron chi connectivity index (χ2n) is 3.85. The minimum atomic E-state index is 0.115. The van der Waals surface area contributed by atoms with Gasteiger partial charge in [0.25, 0.3) is 0 Å². The summed E-state index contributed by atoms with van der Waals surface area (Å²) in [6.07, 6.45) is 1.84. The monoisotopic (exact) mass is 212 g/mol. The van der Waals surface area contributed by atoms with Gasteiger partial charge in [-0.05, 0) is 22.9 Å². The topological polar surface area (TPSA) is 38.0 Å². The van der Waals surface area contributed by atoms with Crippen molar-refractivity contribution in [1.82, 2.24) is 9.78 Å². The highest BCUT2D eigenvalue weighted by molar-refractivity contribution is 5.96. The molecule has 1 N–H and O–H groups in total. The molecule has 3 rings (SSSR count). The molecule has 0 amide bonds. The second-order valence-corrected chi connectivity index (χ2v) is 3.85. The summed E-state index contributed by atoms with van der Waals surface area (Å²) in [6.45, 7) is 0.658. The number of nitrogens with zero attached hydrogens (tertiary/aromatic N) is 2. The molecule has 0 saturated heterocycles. The molecule has 0 aliphatic rings. The van der Waals surface area contributed by atoms with Gasteiger partial charge >= 0.3 is 0 Å². The molecule has 0 radical (unpaired) electrons. The zero-order valence-corrected chi connectivity index (χ0v) is 8.80. The Balaban J connectivity index is 2.31. The summed E-state index contributed by atoms with van der Waals surface area (Å²) in [7, 11) is 0. The van der Waals surface area contributed by atoms with Gasteiger partial charge in [0.2, 0.25) is 0 Å². The molecule has 0 fully saturated rings. The van der Waals surface area contributed by atoms with Crippen molar-refractivity contribution in [2.45, 2.75) is 6.54 Å². The third-order valence-electron chi connectivity index (χ3n) is 2.82. The van der Waals surface area contributed by atoms with Gasteiger partial charge in [0.1, 0.15) is 0 Å². The predicted octanol–water partition coefficient (Wildman–Crippen LogP) is 2.18. The van der Waals surface area contributed by atoms with E-state index >= 15 is 0 Å². The van der Waals surface area contributed by atoms with Crippen molar-refractivity contribution in [3.8, 4) is 0 Å². The average molecular weight is 212 g/mol. The first-order chi connectivity index (χ1) is 7.88. The van der Waals surface area contributed by atoms with Crippen LogP contribution in [-0.4, -0.2) is 21.5 Å². The lowest BCUT2D eigenvalue weighted by molar-refractivity contribution is 0.271. The lowest BCUT2D eigenvalue weighted by Crippen LogP contribution is -2.02. The van der Waals surface area contributed by atoms with Crippen LogP contribution < -0.4 is 0 Å². The van der Waals surface area contributed by atoms with Gasteiger partial charge in [-0.15, -0.1) is 0 Å². The van der Waals surface area contributed by atoms with E-state index < -0.39 is 0 Å². The summed E-state index contributed by atoms with van der Waals surface area (Å²) in [6, 6.07) is 12.5. The van der Waals surface area contributed by atoms with Gasteiger partial charge in [-0.25, -0.2) is 0 Å². The van der Waals surface area contributed by atoms with Gasteiger partial charge in [0.05, 0.1) is 24.9 Å². The Hall–Kier alpha value is -1.87. The average Bonchev–Trinajstić information content (AvgIpc) is 2.70. The van der Waals surface area contributed by atoms with Crippen LogP contribution in [0.5, 0.6) is 0 Å². The van der Waals surface area contributed by atoms with E-state index in [-0.39, 0.29) is 6.61 Å². The van der Waals surface area contributed by atoms with E-state index in [2.05, 4.69) is 29.4 Å². The molecule has 0 saturated carbocycles. The second kappa shape index (κ2) is 3.61. The van der Waals surface area contributed by atoms with Gasteiger partial charge in [-0.1, -0.05) is 24.3 Å². The van der Waals surface area contributed by atoms with Crippen LogP contribution in [0, 0.1) is 0 Å². The first kappa shape index (κ1) is 9.36. The molecule has 3 heteroatoms. The van der Waals surface area contributed by atoms with Crippen LogP contribution in [-0.2, 0) is 6.54 Å². The van der Waals surface area contributed by atoms with Crippen LogP contribution in [0.25, 0.3) is 21.7 Å². The molecule has 0 spiro atoms. The molecular weight excluding hydrogens is 200 g/mol. The first-order valence-corrected chi connectivity index (χ1v) is 5.33. The molecule has 0 atom stereocenters. The van der Waals surface area contributed by atoms with E-state index in [0.717, 1.165) is 10.9 Å². The molecule has 0 bridgehead atoms. The van der Waals surface area contributed by atoms with Crippen molar-refractivity contribution in [2.24, 2.45) is 0 Å². The number of benzene rings is 2. The number of aliphatic hydroxyl groups excluding tert-OH is 1. The summed E-state index contributed by atoms with van der Waals surface area (Å²) < 4.78 is 1.84. The van der Waals surface area contributed by atoms with Crippen LogP contribution in [0.1, 0.15) is 0 Å². The smallest absolute Gasteiger partial charge is 0.0689 e. The third-order valence-corrected chi connectivity index (χ3v) is 2.82. The van der Waals surface area contributed by atoms with Crippen LogP contribution in [0.4, 0.5) is 0 Å². The molecule has 1 aromatic heterocycles.